The first-order valence-corrected chi connectivity index (χ1v) is 3.51. The highest BCUT2D eigenvalue weighted by Crippen LogP contribution is 2.09. The molecule has 0 saturated carbocycles. The second kappa shape index (κ2) is 4.07. The van der Waals surface area contributed by atoms with Gasteiger partial charge in [0.25, 0.3) is 0 Å². The molecule has 0 aliphatic rings. The standard InChI is InChI=1S/C7H15N3/c1-4-5-7(2,3)10-9-6-8/h8,10H,4-5H2,1-3H3. The van der Waals surface area contributed by atoms with E-state index in [1.54, 1.807) is 0 Å². The molecule has 0 bridgehead atoms. The lowest BCUT2D eigenvalue weighted by molar-refractivity contribution is 0.369. The molecule has 0 radical (unpaired) electrons. The molecule has 0 unspecified atom stereocenters. The Balaban J connectivity index is 3.73. The summed E-state index contributed by atoms with van der Waals surface area (Å²) >= 11 is 0. The molecular weight excluding hydrogens is 126 g/mol. The summed E-state index contributed by atoms with van der Waals surface area (Å²) in [6.45, 7) is 6.23. The van der Waals surface area contributed by atoms with Gasteiger partial charge in [-0.25, -0.2) is 5.41 Å². The molecule has 0 heterocycles. The summed E-state index contributed by atoms with van der Waals surface area (Å²) < 4.78 is 0. The van der Waals surface area contributed by atoms with E-state index in [4.69, 9.17) is 5.41 Å². The lowest BCUT2D eigenvalue weighted by Gasteiger charge is -2.22. The second-order valence-electron chi connectivity index (χ2n) is 2.97. The molecule has 0 aromatic heterocycles. The minimum atomic E-state index is 0.00278. The third-order valence-corrected chi connectivity index (χ3v) is 1.29. The molecule has 2 N–H and O–H groups in total. The number of hydrazone groups is 1. The first-order valence-electron chi connectivity index (χ1n) is 3.51. The molecule has 0 atom stereocenters. The van der Waals surface area contributed by atoms with Crippen LogP contribution in [0.15, 0.2) is 5.10 Å². The Morgan fingerprint density at radius 3 is 2.60 bits per heavy atom. The van der Waals surface area contributed by atoms with E-state index < -0.39 is 0 Å². The van der Waals surface area contributed by atoms with Gasteiger partial charge in [-0.05, 0) is 20.3 Å². The van der Waals surface area contributed by atoms with Crippen LogP contribution in [0.5, 0.6) is 0 Å². The Bertz CT molecular complexity index is 134. The molecule has 0 aromatic carbocycles. The van der Waals surface area contributed by atoms with Crippen molar-refractivity contribution in [3.8, 4) is 0 Å². The zero-order chi connectivity index (χ0) is 8.04. The predicted molar refractivity (Wildman–Crippen MR) is 42.3 cm³/mol. The van der Waals surface area contributed by atoms with E-state index in [-0.39, 0.29) is 5.54 Å². The van der Waals surface area contributed by atoms with Crippen LogP contribution in [0.2, 0.25) is 0 Å². The van der Waals surface area contributed by atoms with Crippen LogP contribution in [-0.4, -0.2) is 11.5 Å². The molecule has 0 saturated heterocycles. The van der Waals surface area contributed by atoms with Gasteiger partial charge in [0.05, 0.1) is 5.54 Å². The van der Waals surface area contributed by atoms with Crippen LogP contribution in [0.25, 0.3) is 0 Å². The third kappa shape index (κ3) is 4.10. The van der Waals surface area contributed by atoms with E-state index in [0.29, 0.717) is 0 Å². The van der Waals surface area contributed by atoms with Gasteiger partial charge in [-0.1, -0.05) is 13.3 Å². The van der Waals surface area contributed by atoms with Crippen molar-refractivity contribution in [1.82, 2.24) is 5.43 Å². The maximum Gasteiger partial charge on any atom is 0.111 e. The van der Waals surface area contributed by atoms with Crippen LogP contribution in [0.1, 0.15) is 33.6 Å². The number of nitrogens with one attached hydrogen (secondary N) is 2. The zero-order valence-corrected chi connectivity index (χ0v) is 6.86. The van der Waals surface area contributed by atoms with E-state index in [1.165, 1.54) is 0 Å². The largest absolute Gasteiger partial charge is 0.295 e. The van der Waals surface area contributed by atoms with Gasteiger partial charge in [0.1, 0.15) is 6.01 Å². The van der Waals surface area contributed by atoms with E-state index in [1.807, 2.05) is 6.01 Å². The van der Waals surface area contributed by atoms with Crippen molar-refractivity contribution in [2.75, 3.05) is 0 Å². The molecule has 3 nitrogen and oxygen atoms in total. The average molecular weight is 141 g/mol. The maximum atomic E-state index is 6.54. The molecule has 3 heteroatoms. The van der Waals surface area contributed by atoms with E-state index in [9.17, 15) is 0 Å². The van der Waals surface area contributed by atoms with Gasteiger partial charge in [0.15, 0.2) is 0 Å². The second-order valence-corrected chi connectivity index (χ2v) is 2.97. The molecule has 0 aliphatic heterocycles. The Morgan fingerprint density at radius 1 is 1.60 bits per heavy atom. The fourth-order valence-corrected chi connectivity index (χ4v) is 0.860. The van der Waals surface area contributed by atoms with Crippen LogP contribution in [0.4, 0.5) is 0 Å². The summed E-state index contributed by atoms with van der Waals surface area (Å²) in [7, 11) is 0. The predicted octanol–water partition coefficient (Wildman–Crippen LogP) is 1.82. The normalized spacial score (nSPS) is 10.3. The van der Waals surface area contributed by atoms with Gasteiger partial charge < -0.3 is 0 Å². The van der Waals surface area contributed by atoms with Gasteiger partial charge >= 0.3 is 0 Å². The molecule has 0 fully saturated rings. The highest BCUT2D eigenvalue weighted by molar-refractivity contribution is 5.35. The van der Waals surface area contributed by atoms with Gasteiger partial charge in [0, 0.05) is 0 Å². The van der Waals surface area contributed by atoms with Crippen molar-refractivity contribution >= 4 is 6.01 Å². The highest BCUT2D eigenvalue weighted by atomic mass is 15.3. The number of rotatable bonds is 4. The van der Waals surface area contributed by atoms with Crippen molar-refractivity contribution in [2.45, 2.75) is 39.2 Å². The van der Waals surface area contributed by atoms with E-state index >= 15 is 0 Å². The fraction of sp³-hybridized carbons (Fsp3) is 0.857. The molecule has 0 aromatic rings. The maximum absolute atomic E-state index is 6.54. The van der Waals surface area contributed by atoms with E-state index in [0.717, 1.165) is 12.8 Å². The molecule has 0 spiro atoms. The van der Waals surface area contributed by atoms with Crippen LogP contribution in [0.3, 0.4) is 0 Å². The van der Waals surface area contributed by atoms with Crippen LogP contribution in [-0.2, 0) is 0 Å². The van der Waals surface area contributed by atoms with Gasteiger partial charge in [-0.15, -0.1) is 5.10 Å². The van der Waals surface area contributed by atoms with Crippen molar-refractivity contribution in [2.24, 2.45) is 5.10 Å². The summed E-state index contributed by atoms with van der Waals surface area (Å²) in [4.78, 5) is 0. The SMILES string of the molecule is CCCC(C)(C)NN=C=N. The summed E-state index contributed by atoms with van der Waals surface area (Å²) in [5.41, 5.74) is 2.84. The lowest BCUT2D eigenvalue weighted by atomic mass is 10.0. The Labute approximate surface area is 62.0 Å². The first-order chi connectivity index (χ1) is 4.62. The zero-order valence-electron chi connectivity index (χ0n) is 6.86. The average Bonchev–Trinajstić information content (AvgIpc) is 1.84. The van der Waals surface area contributed by atoms with Gasteiger partial charge in [-0.2, -0.15) is 0 Å². The molecule has 10 heavy (non-hydrogen) atoms. The molecule has 0 amide bonds. The molecule has 0 aliphatic carbocycles. The van der Waals surface area contributed by atoms with Crippen molar-refractivity contribution in [3.63, 3.8) is 0 Å². The highest BCUT2D eigenvalue weighted by Gasteiger charge is 2.13. The van der Waals surface area contributed by atoms with Crippen LogP contribution in [0, 0.1) is 5.41 Å². The summed E-state index contributed by atoms with van der Waals surface area (Å²) in [5.74, 6) is 0. The Morgan fingerprint density at radius 2 is 2.20 bits per heavy atom. The summed E-state index contributed by atoms with van der Waals surface area (Å²) in [5, 5.41) is 10.1. The van der Waals surface area contributed by atoms with Crippen molar-refractivity contribution in [1.29, 1.82) is 5.41 Å². The third-order valence-electron chi connectivity index (χ3n) is 1.29. The van der Waals surface area contributed by atoms with Crippen LogP contribution >= 0.6 is 0 Å². The number of hydrogen-bond acceptors (Lipinski definition) is 3. The summed E-state index contributed by atoms with van der Waals surface area (Å²) in [6, 6.07) is 1.95. The monoisotopic (exact) mass is 141 g/mol. The molecule has 58 valence electrons. The van der Waals surface area contributed by atoms with Crippen molar-refractivity contribution < 1.29 is 0 Å². The fourth-order valence-electron chi connectivity index (χ4n) is 0.860. The minimum Gasteiger partial charge on any atom is -0.295 e. The van der Waals surface area contributed by atoms with Crippen LogP contribution < -0.4 is 5.43 Å². The molecule has 0 rings (SSSR count). The Hall–Kier alpha value is -0.820. The molecular formula is C7H15N3. The quantitative estimate of drug-likeness (QED) is 0.455. The van der Waals surface area contributed by atoms with Gasteiger partial charge in [0.2, 0.25) is 0 Å². The Kier molecular flexibility index (Phi) is 3.74. The van der Waals surface area contributed by atoms with E-state index in [2.05, 4.69) is 31.3 Å². The number of nitrogens with zero attached hydrogens (tertiary/aromatic N) is 1. The lowest BCUT2D eigenvalue weighted by Crippen LogP contribution is -2.34. The smallest absolute Gasteiger partial charge is 0.111 e. The van der Waals surface area contributed by atoms with Gasteiger partial charge in [-0.3, -0.25) is 5.43 Å². The minimum absolute atomic E-state index is 0.00278. The topological polar surface area (TPSA) is 48.2 Å². The number of hydrogen-bond donors (Lipinski definition) is 2. The van der Waals surface area contributed by atoms with Crippen molar-refractivity contribution in [3.05, 3.63) is 0 Å². The first kappa shape index (κ1) is 9.18. The summed E-state index contributed by atoms with van der Waals surface area (Å²) in [6.07, 6.45) is 2.17.